The largest absolute Gasteiger partial charge is 0.494 e. The Morgan fingerprint density at radius 3 is 2.31 bits per heavy atom. The Morgan fingerprint density at radius 2 is 1.72 bits per heavy atom. The molecule has 0 aliphatic carbocycles. The first-order valence-corrected chi connectivity index (χ1v) is 14.0. The molecule has 0 aromatic heterocycles. The molecule has 208 valence electrons. The van der Waals surface area contributed by atoms with E-state index >= 15 is 0 Å². The first kappa shape index (κ1) is 29.5. The minimum absolute atomic E-state index is 0.137. The fourth-order valence-electron chi connectivity index (χ4n) is 4.10. The number of unbranched alkanes of at least 4 members (excludes halogenated alkanes) is 3. The van der Waals surface area contributed by atoms with Crippen LogP contribution in [0.25, 0.3) is 0 Å². The van der Waals surface area contributed by atoms with Crippen LogP contribution in [0.2, 0.25) is 0 Å². The molecular weight excluding hydrogens is 526 g/mol. The van der Waals surface area contributed by atoms with E-state index in [1.165, 1.54) is 24.3 Å². The molecule has 3 N–H and O–H groups in total. The lowest BCUT2D eigenvalue weighted by atomic mass is 10.1. The van der Waals surface area contributed by atoms with E-state index in [4.69, 9.17) is 15.0 Å². The van der Waals surface area contributed by atoms with Gasteiger partial charge in [0.2, 0.25) is 21.8 Å². The minimum atomic E-state index is -3.94. The number of sulfonamides is 1. The monoisotopic (exact) mass is 557 g/mol. The second kappa shape index (κ2) is 13.2. The topological polar surface area (TPSA) is 164 Å². The lowest BCUT2D eigenvalue weighted by Crippen LogP contribution is -2.44. The van der Waals surface area contributed by atoms with Crippen LogP contribution in [0.1, 0.15) is 44.6 Å². The van der Waals surface area contributed by atoms with Gasteiger partial charge < -0.3 is 14.7 Å². The Bertz CT molecular complexity index is 1340. The molecule has 3 amide bonds. The number of ether oxygens (including phenoxy) is 1. The number of benzene rings is 2. The van der Waals surface area contributed by atoms with Gasteiger partial charge >= 0.3 is 5.97 Å². The van der Waals surface area contributed by atoms with Crippen LogP contribution >= 0.6 is 0 Å². The van der Waals surface area contributed by atoms with Gasteiger partial charge in [0.25, 0.3) is 5.91 Å². The Labute approximate surface area is 226 Å². The zero-order valence-electron chi connectivity index (χ0n) is 21.5. The summed E-state index contributed by atoms with van der Waals surface area (Å²) in [7, 11) is -3.94. The Hall–Kier alpha value is -4.03. The molecule has 2 aromatic rings. The number of hydrogen-bond acceptors (Lipinski definition) is 7. The maximum atomic E-state index is 13.4. The Morgan fingerprint density at radius 1 is 1.05 bits per heavy atom. The first-order valence-electron chi connectivity index (χ1n) is 12.4. The zero-order chi connectivity index (χ0) is 28.6. The number of aliphatic carboxylic acids is 1. The summed E-state index contributed by atoms with van der Waals surface area (Å²) in [5, 5.41) is 14.1. The normalized spacial score (nSPS) is 15.6. The minimum Gasteiger partial charge on any atom is -0.494 e. The van der Waals surface area contributed by atoms with Crippen molar-refractivity contribution in [1.29, 1.82) is 0 Å². The maximum Gasteiger partial charge on any atom is 0.328 e. The molecule has 1 atom stereocenters. The Kier molecular flexibility index (Phi) is 9.96. The van der Waals surface area contributed by atoms with Gasteiger partial charge in [0, 0.05) is 18.7 Å². The predicted octanol–water partition coefficient (Wildman–Crippen LogP) is 2.59. The molecule has 0 radical (unpaired) electrons. The van der Waals surface area contributed by atoms with Gasteiger partial charge in [-0.25, -0.2) is 23.3 Å². The fourth-order valence-corrected chi connectivity index (χ4v) is 4.62. The SMILES string of the molecule is CCCCCCOc1ccc(N2C(=O)CC(N(Cc3ccc(S(N)(=O)=O)cc3)C(=O)/C=C/C(=O)O)C2=O)cc1. The molecule has 1 aliphatic heterocycles. The summed E-state index contributed by atoms with van der Waals surface area (Å²) >= 11 is 0. The van der Waals surface area contributed by atoms with E-state index in [2.05, 4.69) is 6.92 Å². The Balaban J connectivity index is 1.79. The summed E-state index contributed by atoms with van der Waals surface area (Å²) in [6.07, 6.45) is 5.38. The summed E-state index contributed by atoms with van der Waals surface area (Å²) in [6, 6.07) is 10.6. The average Bonchev–Trinajstić information content (AvgIpc) is 3.19. The number of carbonyl (C=O) groups excluding carboxylic acids is 3. The second-order valence-electron chi connectivity index (χ2n) is 9.02. The van der Waals surface area contributed by atoms with E-state index in [9.17, 15) is 27.6 Å². The van der Waals surface area contributed by atoms with Crippen LogP contribution in [-0.2, 0) is 35.7 Å². The van der Waals surface area contributed by atoms with Gasteiger partial charge in [-0.3, -0.25) is 14.4 Å². The maximum absolute atomic E-state index is 13.4. The van der Waals surface area contributed by atoms with Gasteiger partial charge in [-0.15, -0.1) is 0 Å². The average molecular weight is 558 g/mol. The van der Waals surface area contributed by atoms with Crippen molar-refractivity contribution in [1.82, 2.24) is 4.90 Å². The lowest BCUT2D eigenvalue weighted by Gasteiger charge is -2.27. The van der Waals surface area contributed by atoms with Gasteiger partial charge in [-0.2, -0.15) is 0 Å². The molecular formula is C27H31N3O8S. The van der Waals surface area contributed by atoms with Gasteiger partial charge in [0.15, 0.2) is 0 Å². The number of primary sulfonamides is 1. The van der Waals surface area contributed by atoms with Crippen molar-refractivity contribution in [3.8, 4) is 5.75 Å². The van der Waals surface area contributed by atoms with E-state index in [0.717, 1.165) is 41.6 Å². The highest BCUT2D eigenvalue weighted by molar-refractivity contribution is 7.89. The van der Waals surface area contributed by atoms with Crippen molar-refractivity contribution >= 4 is 39.4 Å². The van der Waals surface area contributed by atoms with E-state index in [-0.39, 0.29) is 17.9 Å². The second-order valence-corrected chi connectivity index (χ2v) is 10.6. The molecule has 1 unspecified atom stereocenters. The van der Waals surface area contributed by atoms with Crippen LogP contribution in [0.3, 0.4) is 0 Å². The summed E-state index contributed by atoms with van der Waals surface area (Å²) in [4.78, 5) is 52.1. The van der Waals surface area contributed by atoms with Crippen molar-refractivity contribution in [2.24, 2.45) is 5.14 Å². The third-order valence-electron chi connectivity index (χ3n) is 6.12. The summed E-state index contributed by atoms with van der Waals surface area (Å²) in [5.41, 5.74) is 0.760. The van der Waals surface area contributed by atoms with Gasteiger partial charge in [0.05, 0.1) is 23.6 Å². The molecule has 3 rings (SSSR count). The fraction of sp³-hybridized carbons (Fsp3) is 0.333. The molecule has 1 fully saturated rings. The number of imide groups is 1. The summed E-state index contributed by atoms with van der Waals surface area (Å²) < 4.78 is 28.8. The van der Waals surface area contributed by atoms with Crippen LogP contribution in [0.15, 0.2) is 65.6 Å². The molecule has 11 nitrogen and oxygen atoms in total. The highest BCUT2D eigenvalue weighted by Crippen LogP contribution is 2.29. The van der Waals surface area contributed by atoms with Gasteiger partial charge in [0.1, 0.15) is 11.8 Å². The zero-order valence-corrected chi connectivity index (χ0v) is 22.3. The predicted molar refractivity (Wildman–Crippen MR) is 142 cm³/mol. The lowest BCUT2D eigenvalue weighted by molar-refractivity contribution is -0.135. The molecule has 1 saturated heterocycles. The van der Waals surface area contributed by atoms with Crippen LogP contribution < -0.4 is 14.8 Å². The van der Waals surface area contributed by atoms with E-state index in [1.807, 2.05) is 0 Å². The van der Waals surface area contributed by atoms with Crippen molar-refractivity contribution < 1.29 is 37.4 Å². The molecule has 1 heterocycles. The number of hydrogen-bond donors (Lipinski definition) is 2. The highest BCUT2D eigenvalue weighted by atomic mass is 32.2. The molecule has 0 saturated carbocycles. The number of carboxylic acids is 1. The molecule has 2 aromatic carbocycles. The van der Waals surface area contributed by atoms with Crippen molar-refractivity contribution in [3.63, 3.8) is 0 Å². The van der Waals surface area contributed by atoms with Crippen molar-refractivity contribution in [2.75, 3.05) is 11.5 Å². The number of rotatable bonds is 13. The highest BCUT2D eigenvalue weighted by Gasteiger charge is 2.44. The van der Waals surface area contributed by atoms with Crippen LogP contribution in [0, 0.1) is 0 Å². The smallest absolute Gasteiger partial charge is 0.328 e. The third kappa shape index (κ3) is 7.98. The molecule has 0 bridgehead atoms. The van der Waals surface area contributed by atoms with Gasteiger partial charge in [-0.1, -0.05) is 38.3 Å². The number of nitrogens with two attached hydrogens (primary N) is 1. The van der Waals surface area contributed by atoms with Crippen LogP contribution in [0.4, 0.5) is 5.69 Å². The summed E-state index contributed by atoms with van der Waals surface area (Å²) in [5.74, 6) is -2.73. The molecule has 0 spiro atoms. The molecule has 12 heteroatoms. The van der Waals surface area contributed by atoms with E-state index in [1.54, 1.807) is 24.3 Å². The number of nitrogens with zero attached hydrogens (tertiary/aromatic N) is 2. The number of carbonyl (C=O) groups is 4. The van der Waals surface area contributed by atoms with Gasteiger partial charge in [-0.05, 0) is 48.4 Å². The third-order valence-corrected chi connectivity index (χ3v) is 7.05. The van der Waals surface area contributed by atoms with E-state index in [0.29, 0.717) is 29.7 Å². The quantitative estimate of drug-likeness (QED) is 0.215. The summed E-state index contributed by atoms with van der Waals surface area (Å²) in [6.45, 7) is 2.50. The van der Waals surface area contributed by atoms with Crippen molar-refractivity contribution in [3.05, 3.63) is 66.2 Å². The van der Waals surface area contributed by atoms with Crippen LogP contribution in [-0.4, -0.2) is 54.8 Å². The first-order chi connectivity index (χ1) is 18.5. The van der Waals surface area contributed by atoms with E-state index < -0.39 is 39.8 Å². The van der Waals surface area contributed by atoms with Crippen molar-refractivity contribution in [2.45, 2.75) is 56.5 Å². The molecule has 39 heavy (non-hydrogen) atoms. The number of anilines is 1. The number of amides is 3. The van der Waals surface area contributed by atoms with Crippen LogP contribution in [0.5, 0.6) is 5.75 Å². The standard InChI is InChI=1S/C27H31N3O8S/c1-2-3-4-5-16-38-21-10-8-20(9-11-21)30-25(32)17-23(27(30)35)29(24(31)14-15-26(33)34)18-19-6-12-22(13-7-19)39(28,36)37/h6-15,23H,2-5,16-18H2,1H3,(H,33,34)(H2,28,36,37)/b15-14+. The molecule has 1 aliphatic rings. The number of carboxylic acid groups (broad SMARTS) is 1.